The van der Waals surface area contributed by atoms with E-state index < -0.39 is 41.2 Å². The SMILES string of the molecule is O=C(O)CCC1NC2(C(=O)Nc3c(Cl)cccc32)C2C(=O)N(CC3CCCO3)C(=O)C12. The molecule has 0 saturated carbocycles. The number of hydrogen-bond acceptors (Lipinski definition) is 6. The normalized spacial score (nSPS) is 33.8. The molecule has 1 aromatic rings. The number of para-hydroxylation sites is 1. The Labute approximate surface area is 183 Å². The lowest BCUT2D eigenvalue weighted by atomic mass is 9.76. The van der Waals surface area contributed by atoms with Crippen LogP contribution < -0.4 is 10.6 Å². The Kier molecular flexibility index (Phi) is 4.80. The highest BCUT2D eigenvalue weighted by Gasteiger charge is 2.70. The van der Waals surface area contributed by atoms with Crippen LogP contribution in [-0.4, -0.2) is 59.0 Å². The largest absolute Gasteiger partial charge is 0.481 e. The number of aliphatic carboxylic acids is 1. The molecule has 3 saturated heterocycles. The highest BCUT2D eigenvalue weighted by Crippen LogP contribution is 2.54. The molecular weight excluding hydrogens is 426 g/mol. The van der Waals surface area contributed by atoms with E-state index in [9.17, 15) is 24.3 Å². The van der Waals surface area contributed by atoms with Crippen LogP contribution in [0.4, 0.5) is 5.69 Å². The molecular formula is C21H22ClN3O6. The van der Waals surface area contributed by atoms with E-state index in [1.807, 2.05) is 0 Å². The second-order valence-corrected chi connectivity index (χ2v) is 8.94. The van der Waals surface area contributed by atoms with E-state index in [4.69, 9.17) is 16.3 Å². The quantitative estimate of drug-likeness (QED) is 0.577. The molecule has 5 unspecified atom stereocenters. The molecule has 0 radical (unpaired) electrons. The molecule has 0 aromatic heterocycles. The molecule has 3 N–H and O–H groups in total. The first kappa shape index (κ1) is 20.4. The molecule has 164 valence electrons. The molecule has 10 heteroatoms. The lowest BCUT2D eigenvalue weighted by molar-refractivity contribution is -0.144. The zero-order valence-corrected chi connectivity index (χ0v) is 17.4. The summed E-state index contributed by atoms with van der Waals surface area (Å²) >= 11 is 6.29. The van der Waals surface area contributed by atoms with Gasteiger partial charge in [-0.2, -0.15) is 0 Å². The van der Waals surface area contributed by atoms with Crippen molar-refractivity contribution in [1.29, 1.82) is 0 Å². The number of hydrogen-bond donors (Lipinski definition) is 3. The van der Waals surface area contributed by atoms with Gasteiger partial charge in [-0.3, -0.25) is 29.4 Å². The van der Waals surface area contributed by atoms with Gasteiger partial charge in [0.25, 0.3) is 0 Å². The lowest BCUT2D eigenvalue weighted by Gasteiger charge is -2.30. The van der Waals surface area contributed by atoms with E-state index in [0.717, 1.165) is 12.8 Å². The summed E-state index contributed by atoms with van der Waals surface area (Å²) in [6.07, 6.45) is 1.35. The standard InChI is InChI=1S/C21H22ClN3O6/c22-12-5-1-4-11-17(12)23-20(30)21(11)16-15(13(24-21)6-7-14(26)27)18(28)25(19(16)29)9-10-3-2-8-31-10/h1,4-5,10,13,15-16,24H,2-3,6-9H2,(H,23,30)(H,26,27). The van der Waals surface area contributed by atoms with E-state index in [1.54, 1.807) is 18.2 Å². The molecule has 9 nitrogen and oxygen atoms in total. The summed E-state index contributed by atoms with van der Waals surface area (Å²) in [5, 5.41) is 15.5. The Bertz CT molecular complexity index is 993. The van der Waals surface area contributed by atoms with E-state index in [1.165, 1.54) is 4.90 Å². The number of imide groups is 1. The van der Waals surface area contributed by atoms with Crippen LogP contribution in [0.1, 0.15) is 31.2 Å². The first-order valence-electron chi connectivity index (χ1n) is 10.4. The van der Waals surface area contributed by atoms with Gasteiger partial charge >= 0.3 is 5.97 Å². The van der Waals surface area contributed by atoms with Crippen molar-refractivity contribution in [3.8, 4) is 0 Å². The van der Waals surface area contributed by atoms with Crippen molar-refractivity contribution in [2.75, 3.05) is 18.5 Å². The van der Waals surface area contributed by atoms with Gasteiger partial charge < -0.3 is 15.2 Å². The number of carbonyl (C=O) groups is 4. The first-order valence-corrected chi connectivity index (χ1v) is 10.8. The van der Waals surface area contributed by atoms with Crippen molar-refractivity contribution in [2.24, 2.45) is 11.8 Å². The van der Waals surface area contributed by atoms with Crippen LogP contribution in [0.2, 0.25) is 5.02 Å². The average molecular weight is 448 g/mol. The van der Waals surface area contributed by atoms with Gasteiger partial charge in [0.1, 0.15) is 5.54 Å². The van der Waals surface area contributed by atoms with Crippen LogP contribution in [0.3, 0.4) is 0 Å². The zero-order chi connectivity index (χ0) is 21.9. The number of amides is 3. The van der Waals surface area contributed by atoms with Crippen molar-refractivity contribution in [3.63, 3.8) is 0 Å². The Hall–Kier alpha value is -2.49. The number of nitrogens with zero attached hydrogens (tertiary/aromatic N) is 1. The maximum Gasteiger partial charge on any atom is 0.303 e. The number of carbonyl (C=O) groups excluding carboxylic acids is 3. The Morgan fingerprint density at radius 1 is 1.29 bits per heavy atom. The number of fused-ring (bicyclic) bond motifs is 4. The molecule has 0 aliphatic carbocycles. The van der Waals surface area contributed by atoms with Gasteiger partial charge in [0.2, 0.25) is 17.7 Å². The summed E-state index contributed by atoms with van der Waals surface area (Å²) in [6.45, 7) is 0.741. The molecule has 1 spiro atoms. The molecule has 4 aliphatic rings. The third-order valence-electron chi connectivity index (χ3n) is 6.87. The van der Waals surface area contributed by atoms with Crippen molar-refractivity contribution >= 4 is 41.0 Å². The number of rotatable bonds is 5. The third kappa shape index (κ3) is 2.90. The topological polar surface area (TPSA) is 125 Å². The predicted molar refractivity (Wildman–Crippen MR) is 108 cm³/mol. The number of halogens is 1. The smallest absolute Gasteiger partial charge is 0.303 e. The summed E-state index contributed by atoms with van der Waals surface area (Å²) in [4.78, 5) is 52.6. The van der Waals surface area contributed by atoms with Gasteiger partial charge in [0.15, 0.2) is 0 Å². The van der Waals surface area contributed by atoms with Crippen molar-refractivity contribution in [3.05, 3.63) is 28.8 Å². The maximum absolute atomic E-state index is 13.6. The average Bonchev–Trinajstić information content (AvgIpc) is 3.47. The number of nitrogens with one attached hydrogen (secondary N) is 2. The number of carboxylic acid groups (broad SMARTS) is 1. The highest BCUT2D eigenvalue weighted by molar-refractivity contribution is 6.35. The maximum atomic E-state index is 13.6. The lowest BCUT2D eigenvalue weighted by Crippen LogP contribution is -2.53. The zero-order valence-electron chi connectivity index (χ0n) is 16.6. The van der Waals surface area contributed by atoms with Crippen molar-refractivity contribution < 1.29 is 29.0 Å². The molecule has 0 bridgehead atoms. The summed E-state index contributed by atoms with van der Waals surface area (Å²) in [5.41, 5.74) is -0.540. The molecule has 5 atom stereocenters. The van der Waals surface area contributed by atoms with Crippen molar-refractivity contribution in [1.82, 2.24) is 10.2 Å². The summed E-state index contributed by atoms with van der Waals surface area (Å²) in [6, 6.07) is 4.40. The highest BCUT2D eigenvalue weighted by atomic mass is 35.5. The fourth-order valence-electron chi connectivity index (χ4n) is 5.55. The van der Waals surface area contributed by atoms with Crippen LogP contribution >= 0.6 is 11.6 Å². The van der Waals surface area contributed by atoms with Gasteiger partial charge in [0, 0.05) is 24.6 Å². The minimum absolute atomic E-state index is 0.119. The van der Waals surface area contributed by atoms with Crippen LogP contribution in [0.25, 0.3) is 0 Å². The minimum Gasteiger partial charge on any atom is -0.481 e. The molecule has 3 amide bonds. The van der Waals surface area contributed by atoms with Crippen molar-refractivity contribution in [2.45, 2.75) is 43.4 Å². The molecule has 4 aliphatic heterocycles. The van der Waals surface area contributed by atoms with Crippen LogP contribution in [0.15, 0.2) is 18.2 Å². The molecule has 5 rings (SSSR count). The fourth-order valence-corrected chi connectivity index (χ4v) is 5.77. The number of anilines is 1. The number of likely N-dealkylation sites (tertiary alicyclic amines) is 1. The first-order chi connectivity index (χ1) is 14.8. The van der Waals surface area contributed by atoms with Gasteiger partial charge in [-0.05, 0) is 25.3 Å². The number of ether oxygens (including phenoxy) is 1. The predicted octanol–water partition coefficient (Wildman–Crippen LogP) is 1.10. The van der Waals surface area contributed by atoms with Crippen LogP contribution in [-0.2, 0) is 29.5 Å². The number of carboxylic acids is 1. The van der Waals surface area contributed by atoms with Gasteiger partial charge in [-0.25, -0.2) is 0 Å². The van der Waals surface area contributed by atoms with Crippen LogP contribution in [0, 0.1) is 11.8 Å². The minimum atomic E-state index is -1.47. The summed E-state index contributed by atoms with van der Waals surface area (Å²) in [5.74, 6) is -4.08. The van der Waals surface area contributed by atoms with E-state index in [0.29, 0.717) is 22.9 Å². The van der Waals surface area contributed by atoms with E-state index in [-0.39, 0.29) is 31.4 Å². The summed E-state index contributed by atoms with van der Waals surface area (Å²) in [7, 11) is 0. The molecule has 3 fully saturated rings. The Morgan fingerprint density at radius 2 is 2.10 bits per heavy atom. The Morgan fingerprint density at radius 3 is 2.81 bits per heavy atom. The monoisotopic (exact) mass is 447 g/mol. The molecule has 4 heterocycles. The molecule has 1 aromatic carbocycles. The molecule has 31 heavy (non-hydrogen) atoms. The van der Waals surface area contributed by atoms with Gasteiger partial charge in [0.05, 0.1) is 35.2 Å². The second kappa shape index (κ2) is 7.29. The van der Waals surface area contributed by atoms with Gasteiger partial charge in [-0.1, -0.05) is 23.7 Å². The fraction of sp³-hybridized carbons (Fsp3) is 0.524. The second-order valence-electron chi connectivity index (χ2n) is 8.53. The Balaban J connectivity index is 1.57. The van der Waals surface area contributed by atoms with Gasteiger partial charge in [-0.15, -0.1) is 0 Å². The van der Waals surface area contributed by atoms with Crippen LogP contribution in [0.5, 0.6) is 0 Å². The third-order valence-corrected chi connectivity index (χ3v) is 7.18. The van der Waals surface area contributed by atoms with E-state index >= 15 is 0 Å². The van der Waals surface area contributed by atoms with E-state index in [2.05, 4.69) is 10.6 Å². The number of benzene rings is 1. The summed E-state index contributed by atoms with van der Waals surface area (Å²) < 4.78 is 5.61.